The molecule has 0 N–H and O–H groups in total. The second kappa shape index (κ2) is 9.04. The maximum absolute atomic E-state index is 12.8. The van der Waals surface area contributed by atoms with Crippen molar-refractivity contribution in [2.45, 2.75) is 66.1 Å². The number of thioether (sulfide) groups is 1. The van der Waals surface area contributed by atoms with Crippen molar-refractivity contribution in [1.29, 1.82) is 0 Å². The summed E-state index contributed by atoms with van der Waals surface area (Å²) in [6, 6.07) is 0. The van der Waals surface area contributed by atoms with Crippen LogP contribution in [0.2, 0.25) is 0 Å². The fraction of sp³-hybridized carbons (Fsp3) is 0.583. The van der Waals surface area contributed by atoms with E-state index in [1.807, 2.05) is 20.1 Å². The van der Waals surface area contributed by atoms with Crippen molar-refractivity contribution >= 4 is 23.7 Å². The number of aryl methyl sites for hydroxylation is 1. The molecule has 1 unspecified atom stereocenters. The number of allylic oxidation sites excluding steroid dienone is 1. The number of carbonyl (C=O) groups excluding carboxylic acids is 2. The molecule has 164 valence electrons. The van der Waals surface area contributed by atoms with E-state index >= 15 is 0 Å². The van der Waals surface area contributed by atoms with E-state index in [0.717, 1.165) is 36.1 Å². The van der Waals surface area contributed by atoms with Gasteiger partial charge >= 0.3 is 11.9 Å². The molecule has 0 bridgehead atoms. The Balaban J connectivity index is 1.97. The van der Waals surface area contributed by atoms with Crippen LogP contribution in [0, 0.1) is 24.2 Å². The molecule has 1 aromatic rings. The average Bonchev–Trinajstić information content (AvgIpc) is 3.09. The molecule has 0 saturated heterocycles. The first-order valence-corrected chi connectivity index (χ1v) is 11.8. The molecule has 0 aromatic carbocycles. The van der Waals surface area contributed by atoms with Gasteiger partial charge in [-0.25, -0.2) is 9.59 Å². The van der Waals surface area contributed by atoms with E-state index in [1.54, 1.807) is 24.7 Å². The highest BCUT2D eigenvalue weighted by molar-refractivity contribution is 8.01. The maximum Gasteiger partial charge on any atom is 0.334 e. The van der Waals surface area contributed by atoms with Gasteiger partial charge in [0.15, 0.2) is 0 Å². The number of hydrogen-bond donors (Lipinski definition) is 0. The van der Waals surface area contributed by atoms with E-state index in [-0.39, 0.29) is 35.3 Å². The van der Waals surface area contributed by atoms with Crippen LogP contribution in [-0.4, -0.2) is 24.3 Å². The molecule has 0 radical (unpaired) electrons. The molecular formula is C24H32O5S. The summed E-state index contributed by atoms with van der Waals surface area (Å²) in [5, 5.41) is 1.73. The molecular weight excluding hydrogens is 400 g/mol. The van der Waals surface area contributed by atoms with Gasteiger partial charge in [0, 0.05) is 35.0 Å². The molecule has 30 heavy (non-hydrogen) atoms. The van der Waals surface area contributed by atoms with Gasteiger partial charge in [-0.3, -0.25) is 0 Å². The standard InChI is InChI=1S/C24H32O5S/c1-7-14(2)23(26)29-22-21-15(3)13-27-19(21)12-17-8-9-18(16(4)24(17,22)5)28-20(25)10-11-30-6/h7,10-11,13,16-18,22H,8-9,12H2,1-6H3/b11-10+,14-7-/t16-,17+,18?,22+,24+/m0/s1. The van der Waals surface area contributed by atoms with Gasteiger partial charge in [0.2, 0.25) is 0 Å². The van der Waals surface area contributed by atoms with Crippen LogP contribution < -0.4 is 0 Å². The lowest BCUT2D eigenvalue weighted by Crippen LogP contribution is -2.53. The van der Waals surface area contributed by atoms with Crippen LogP contribution in [0.25, 0.3) is 0 Å². The number of carbonyl (C=O) groups is 2. The van der Waals surface area contributed by atoms with E-state index in [4.69, 9.17) is 13.9 Å². The lowest BCUT2D eigenvalue weighted by Gasteiger charge is -2.54. The zero-order valence-corrected chi connectivity index (χ0v) is 19.5. The molecule has 0 amide bonds. The van der Waals surface area contributed by atoms with Gasteiger partial charge in [0.1, 0.15) is 18.0 Å². The number of rotatable bonds is 5. The van der Waals surface area contributed by atoms with E-state index in [0.29, 0.717) is 5.57 Å². The van der Waals surface area contributed by atoms with E-state index < -0.39 is 6.10 Å². The van der Waals surface area contributed by atoms with Crippen molar-refractivity contribution < 1.29 is 23.5 Å². The Labute approximate surface area is 183 Å². The lowest BCUT2D eigenvalue weighted by molar-refractivity contribution is -0.183. The molecule has 1 aromatic heterocycles. The second-order valence-corrected chi connectivity index (χ2v) is 9.40. The van der Waals surface area contributed by atoms with Crippen molar-refractivity contribution in [3.63, 3.8) is 0 Å². The monoisotopic (exact) mass is 432 g/mol. The lowest BCUT2D eigenvalue weighted by atomic mass is 9.53. The Morgan fingerprint density at radius 1 is 1.30 bits per heavy atom. The van der Waals surface area contributed by atoms with E-state index in [1.165, 1.54) is 17.8 Å². The predicted molar refractivity (Wildman–Crippen MR) is 118 cm³/mol. The van der Waals surface area contributed by atoms with Crippen LogP contribution in [0.4, 0.5) is 0 Å². The molecule has 2 aliphatic rings. The van der Waals surface area contributed by atoms with Crippen LogP contribution in [0.3, 0.4) is 0 Å². The van der Waals surface area contributed by atoms with Crippen LogP contribution in [0.5, 0.6) is 0 Å². The average molecular weight is 433 g/mol. The molecule has 1 heterocycles. The third kappa shape index (κ3) is 3.98. The Bertz CT molecular complexity index is 867. The van der Waals surface area contributed by atoms with Gasteiger partial charge in [-0.1, -0.05) is 19.9 Å². The highest BCUT2D eigenvalue weighted by Crippen LogP contribution is 2.60. The third-order valence-corrected chi connectivity index (χ3v) is 7.58. The summed E-state index contributed by atoms with van der Waals surface area (Å²) in [7, 11) is 0. The van der Waals surface area contributed by atoms with E-state index in [2.05, 4.69) is 13.8 Å². The third-order valence-electron chi connectivity index (χ3n) is 7.17. The Morgan fingerprint density at radius 2 is 2.03 bits per heavy atom. The van der Waals surface area contributed by atoms with Crippen LogP contribution in [0.15, 0.2) is 33.8 Å². The van der Waals surface area contributed by atoms with Crippen molar-refractivity contribution in [3.05, 3.63) is 46.3 Å². The molecule has 5 atom stereocenters. The van der Waals surface area contributed by atoms with Gasteiger partial charge < -0.3 is 13.9 Å². The second-order valence-electron chi connectivity index (χ2n) is 8.66. The van der Waals surface area contributed by atoms with Gasteiger partial charge in [0.25, 0.3) is 0 Å². The molecule has 1 saturated carbocycles. The first-order chi connectivity index (χ1) is 14.2. The fourth-order valence-corrected chi connectivity index (χ4v) is 5.25. The summed E-state index contributed by atoms with van der Waals surface area (Å²) in [4.78, 5) is 25.0. The molecule has 3 rings (SSSR count). The Morgan fingerprint density at radius 3 is 2.70 bits per heavy atom. The SMILES string of the molecule is C/C=C(/C)C(=O)O[C@@H]1c2c(C)coc2C[C@H]2CCC(OC(=O)/C=C/SC)[C@H](C)[C@]21C. The zero-order valence-electron chi connectivity index (χ0n) is 18.7. The highest BCUT2D eigenvalue weighted by atomic mass is 32.2. The highest BCUT2D eigenvalue weighted by Gasteiger charge is 2.57. The Hall–Kier alpha value is -1.95. The minimum Gasteiger partial charge on any atom is -0.469 e. The molecule has 0 aliphatic heterocycles. The van der Waals surface area contributed by atoms with Crippen molar-refractivity contribution in [3.8, 4) is 0 Å². The smallest absolute Gasteiger partial charge is 0.334 e. The first-order valence-electron chi connectivity index (χ1n) is 10.5. The summed E-state index contributed by atoms with van der Waals surface area (Å²) in [6.07, 6.45) is 8.73. The van der Waals surface area contributed by atoms with Crippen LogP contribution in [0.1, 0.15) is 63.5 Å². The largest absolute Gasteiger partial charge is 0.469 e. The summed E-state index contributed by atoms with van der Waals surface area (Å²) in [5.41, 5.74) is 2.19. The van der Waals surface area contributed by atoms with Gasteiger partial charge in [0.05, 0.1) is 6.26 Å². The topological polar surface area (TPSA) is 65.7 Å². The molecule has 5 nitrogen and oxygen atoms in total. The molecule has 6 heteroatoms. The number of esters is 2. The normalized spacial score (nSPS) is 31.2. The number of fused-ring (bicyclic) bond motifs is 2. The summed E-state index contributed by atoms with van der Waals surface area (Å²) < 4.78 is 17.8. The summed E-state index contributed by atoms with van der Waals surface area (Å²) in [5.74, 6) is 0.583. The van der Waals surface area contributed by atoms with Gasteiger partial charge in [-0.2, -0.15) is 0 Å². The quantitative estimate of drug-likeness (QED) is 0.450. The van der Waals surface area contributed by atoms with Gasteiger partial charge in [-0.05, 0) is 56.8 Å². The van der Waals surface area contributed by atoms with Crippen molar-refractivity contribution in [2.75, 3.05) is 6.26 Å². The molecule has 0 spiro atoms. The number of furan rings is 1. The number of ether oxygens (including phenoxy) is 2. The van der Waals surface area contributed by atoms with E-state index in [9.17, 15) is 9.59 Å². The zero-order chi connectivity index (χ0) is 22.1. The van der Waals surface area contributed by atoms with Crippen LogP contribution >= 0.6 is 11.8 Å². The maximum atomic E-state index is 12.8. The predicted octanol–water partition coefficient (Wildman–Crippen LogP) is 5.54. The van der Waals surface area contributed by atoms with Gasteiger partial charge in [-0.15, -0.1) is 11.8 Å². The minimum atomic E-state index is -0.439. The molecule has 1 fully saturated rings. The first kappa shape index (κ1) is 22.7. The summed E-state index contributed by atoms with van der Waals surface area (Å²) in [6.45, 7) is 9.89. The molecule has 2 aliphatic carbocycles. The van der Waals surface area contributed by atoms with Crippen LogP contribution in [-0.2, 0) is 25.5 Å². The Kier molecular flexibility index (Phi) is 6.85. The summed E-state index contributed by atoms with van der Waals surface area (Å²) >= 11 is 1.46. The number of hydrogen-bond acceptors (Lipinski definition) is 6. The van der Waals surface area contributed by atoms with Crippen molar-refractivity contribution in [1.82, 2.24) is 0 Å². The van der Waals surface area contributed by atoms with Crippen molar-refractivity contribution in [2.24, 2.45) is 17.3 Å². The minimum absolute atomic E-state index is 0.0223. The fourth-order valence-electron chi connectivity index (χ4n) is 5.00.